The van der Waals surface area contributed by atoms with Crippen LogP contribution in [0.4, 0.5) is 0 Å². The van der Waals surface area contributed by atoms with Crippen molar-refractivity contribution in [2.45, 2.75) is 86.0 Å². The first-order chi connectivity index (χ1) is 16.5. The number of hydrogen-bond donors (Lipinski definition) is 0. The highest BCUT2D eigenvalue weighted by molar-refractivity contribution is 6.00. The van der Waals surface area contributed by atoms with Gasteiger partial charge in [0.2, 0.25) is 5.91 Å². The van der Waals surface area contributed by atoms with Crippen LogP contribution in [0.2, 0.25) is 0 Å². The molecule has 4 atom stereocenters. The van der Waals surface area contributed by atoms with Crippen LogP contribution in [0, 0.1) is 23.7 Å². The van der Waals surface area contributed by atoms with Gasteiger partial charge in [-0.1, -0.05) is 20.8 Å². The van der Waals surface area contributed by atoms with Gasteiger partial charge in [-0.2, -0.15) is 0 Å². The molecule has 1 aliphatic rings. The molecule has 1 aliphatic heterocycles. The minimum Gasteiger partial charge on any atom is -0.381 e. The van der Waals surface area contributed by atoms with Gasteiger partial charge in [0.05, 0.1) is 6.42 Å². The van der Waals surface area contributed by atoms with E-state index in [0.717, 1.165) is 6.42 Å². The van der Waals surface area contributed by atoms with E-state index in [-0.39, 0.29) is 67.7 Å². The Bertz CT molecular complexity index is 731. The zero-order valence-electron chi connectivity index (χ0n) is 22.1. The SMILES string of the molecule is CCCOCCCC(=O)CC(=O)N1CC(C(=O)CC(CC)C(C)=O)C(C(=O)CC(CC)C(C)=O)C1. The van der Waals surface area contributed by atoms with Crippen molar-refractivity contribution < 1.29 is 33.5 Å². The smallest absolute Gasteiger partial charge is 0.230 e. The van der Waals surface area contributed by atoms with Crippen LogP contribution < -0.4 is 0 Å². The predicted octanol–water partition coefficient (Wildman–Crippen LogP) is 3.38. The Morgan fingerprint density at radius 2 is 1.29 bits per heavy atom. The van der Waals surface area contributed by atoms with Gasteiger partial charge < -0.3 is 9.64 Å². The molecule has 0 bridgehead atoms. The maximum atomic E-state index is 13.2. The summed E-state index contributed by atoms with van der Waals surface area (Å²) in [4.78, 5) is 76.6. The Morgan fingerprint density at radius 1 is 0.800 bits per heavy atom. The Labute approximate surface area is 209 Å². The van der Waals surface area contributed by atoms with Gasteiger partial charge in [-0.25, -0.2) is 0 Å². The number of carbonyl (C=O) groups is 6. The summed E-state index contributed by atoms with van der Waals surface area (Å²) < 4.78 is 5.36. The van der Waals surface area contributed by atoms with Crippen molar-refractivity contribution in [3.05, 3.63) is 0 Å². The van der Waals surface area contributed by atoms with Crippen molar-refractivity contribution in [1.82, 2.24) is 4.90 Å². The topological polar surface area (TPSA) is 115 Å². The highest BCUT2D eigenvalue weighted by Crippen LogP contribution is 2.31. The van der Waals surface area contributed by atoms with E-state index in [0.29, 0.717) is 32.5 Å². The molecule has 1 heterocycles. The summed E-state index contributed by atoms with van der Waals surface area (Å²) >= 11 is 0. The molecule has 0 aromatic rings. The van der Waals surface area contributed by atoms with Crippen molar-refractivity contribution in [2.75, 3.05) is 26.3 Å². The third-order valence-corrected chi connectivity index (χ3v) is 6.97. The molecular formula is C27H43NO7. The summed E-state index contributed by atoms with van der Waals surface area (Å²) in [6, 6.07) is 0. The van der Waals surface area contributed by atoms with Crippen molar-refractivity contribution in [2.24, 2.45) is 23.7 Å². The number of likely N-dealkylation sites (tertiary alicyclic amines) is 1. The van der Waals surface area contributed by atoms with Gasteiger partial charge in [0, 0.05) is 69.2 Å². The van der Waals surface area contributed by atoms with Gasteiger partial charge in [-0.05, 0) is 39.5 Å². The first-order valence-corrected chi connectivity index (χ1v) is 13.0. The summed E-state index contributed by atoms with van der Waals surface area (Å²) in [5.41, 5.74) is 0. The number of hydrogen-bond acceptors (Lipinski definition) is 7. The third-order valence-electron chi connectivity index (χ3n) is 6.97. The van der Waals surface area contributed by atoms with E-state index in [4.69, 9.17) is 4.74 Å². The Balaban J connectivity index is 2.90. The second-order valence-electron chi connectivity index (χ2n) is 9.72. The summed E-state index contributed by atoms with van der Waals surface area (Å²) in [5, 5.41) is 0. The molecule has 35 heavy (non-hydrogen) atoms. The molecule has 0 radical (unpaired) electrons. The standard InChI is InChI=1S/C27H43NO7/c1-6-11-35-12-9-10-22(31)15-27(34)28-16-23(25(32)13-20(7-2)18(4)29)24(17-28)26(33)14-21(8-3)19(5)30/h20-21,23-24H,6-17H2,1-5H3. The van der Waals surface area contributed by atoms with E-state index in [1.807, 2.05) is 20.8 Å². The van der Waals surface area contributed by atoms with Crippen LogP contribution in [0.1, 0.15) is 86.0 Å². The molecule has 1 fully saturated rings. The molecule has 198 valence electrons. The lowest BCUT2D eigenvalue weighted by Crippen LogP contribution is -2.32. The van der Waals surface area contributed by atoms with Crippen molar-refractivity contribution in [3.8, 4) is 0 Å². The molecule has 4 unspecified atom stereocenters. The second kappa shape index (κ2) is 15.7. The zero-order valence-corrected chi connectivity index (χ0v) is 22.1. The first kappa shape index (κ1) is 30.8. The quantitative estimate of drug-likeness (QED) is 0.212. The van der Waals surface area contributed by atoms with Gasteiger partial charge in [-0.3, -0.25) is 28.8 Å². The van der Waals surface area contributed by atoms with Crippen molar-refractivity contribution >= 4 is 34.8 Å². The molecular weight excluding hydrogens is 450 g/mol. The lowest BCUT2D eigenvalue weighted by Gasteiger charge is -2.20. The Hall–Kier alpha value is -2.22. The van der Waals surface area contributed by atoms with Gasteiger partial charge in [0.15, 0.2) is 0 Å². The molecule has 0 saturated carbocycles. The summed E-state index contributed by atoms with van der Waals surface area (Å²) in [7, 11) is 0. The molecule has 1 amide bonds. The second-order valence-corrected chi connectivity index (χ2v) is 9.72. The molecule has 8 nitrogen and oxygen atoms in total. The van der Waals surface area contributed by atoms with Crippen LogP contribution >= 0.6 is 0 Å². The summed E-state index contributed by atoms with van der Waals surface area (Å²) in [6.45, 7) is 9.80. The molecule has 0 aromatic heterocycles. The fourth-order valence-corrected chi connectivity index (χ4v) is 4.59. The van der Waals surface area contributed by atoms with Crippen LogP contribution in [-0.4, -0.2) is 66.0 Å². The lowest BCUT2D eigenvalue weighted by molar-refractivity contribution is -0.135. The molecule has 0 spiro atoms. The molecule has 1 rings (SSSR count). The van der Waals surface area contributed by atoms with Gasteiger partial charge in [-0.15, -0.1) is 0 Å². The fourth-order valence-electron chi connectivity index (χ4n) is 4.59. The molecule has 8 heteroatoms. The van der Waals surface area contributed by atoms with E-state index >= 15 is 0 Å². The van der Waals surface area contributed by atoms with Crippen LogP contribution in [0.25, 0.3) is 0 Å². The monoisotopic (exact) mass is 493 g/mol. The van der Waals surface area contributed by atoms with E-state index in [9.17, 15) is 28.8 Å². The maximum Gasteiger partial charge on any atom is 0.230 e. The first-order valence-electron chi connectivity index (χ1n) is 13.0. The Kier molecular flexibility index (Phi) is 13.8. The van der Waals surface area contributed by atoms with Gasteiger partial charge in [0.25, 0.3) is 0 Å². The average Bonchev–Trinajstić information content (AvgIpc) is 3.26. The largest absolute Gasteiger partial charge is 0.381 e. The molecule has 0 aromatic carbocycles. The number of amides is 1. The highest BCUT2D eigenvalue weighted by Gasteiger charge is 2.44. The maximum absolute atomic E-state index is 13.2. The van der Waals surface area contributed by atoms with E-state index in [1.54, 1.807) is 0 Å². The Morgan fingerprint density at radius 3 is 1.69 bits per heavy atom. The van der Waals surface area contributed by atoms with E-state index in [2.05, 4.69) is 0 Å². The van der Waals surface area contributed by atoms with Crippen LogP contribution in [0.3, 0.4) is 0 Å². The molecule has 1 saturated heterocycles. The normalized spacial score (nSPS) is 19.3. The molecule has 0 N–H and O–H groups in total. The van der Waals surface area contributed by atoms with Crippen molar-refractivity contribution in [3.63, 3.8) is 0 Å². The summed E-state index contributed by atoms with van der Waals surface area (Å²) in [5.74, 6) is -3.44. The fraction of sp³-hybridized carbons (Fsp3) is 0.778. The molecule has 0 aliphatic carbocycles. The number of ketones is 5. The number of ether oxygens (including phenoxy) is 1. The summed E-state index contributed by atoms with van der Waals surface area (Å²) in [6.07, 6.45) is 2.51. The zero-order chi connectivity index (χ0) is 26.5. The van der Waals surface area contributed by atoms with E-state index < -0.39 is 29.6 Å². The highest BCUT2D eigenvalue weighted by atomic mass is 16.5. The van der Waals surface area contributed by atoms with Crippen LogP contribution in [0.15, 0.2) is 0 Å². The lowest BCUT2D eigenvalue weighted by atomic mass is 9.80. The van der Waals surface area contributed by atoms with Crippen molar-refractivity contribution in [1.29, 1.82) is 0 Å². The number of rotatable bonds is 18. The number of carbonyl (C=O) groups excluding carboxylic acids is 6. The third kappa shape index (κ3) is 10.1. The van der Waals surface area contributed by atoms with Crippen LogP contribution in [-0.2, 0) is 33.5 Å². The van der Waals surface area contributed by atoms with Crippen LogP contribution in [0.5, 0.6) is 0 Å². The van der Waals surface area contributed by atoms with Gasteiger partial charge >= 0.3 is 0 Å². The average molecular weight is 494 g/mol. The number of nitrogens with zero attached hydrogens (tertiary/aromatic N) is 1. The minimum absolute atomic E-state index is 0.0307. The predicted molar refractivity (Wildman–Crippen MR) is 132 cm³/mol. The minimum atomic E-state index is -0.720. The van der Waals surface area contributed by atoms with E-state index in [1.165, 1.54) is 18.7 Å². The van der Waals surface area contributed by atoms with Gasteiger partial charge in [0.1, 0.15) is 28.9 Å². The number of Topliss-reactive ketones (excluding diaryl/α,β-unsaturated/α-hetero) is 5.